The molecule has 0 atom stereocenters. The lowest BCUT2D eigenvalue weighted by atomic mass is 10.2. The number of anilines is 1. The highest BCUT2D eigenvalue weighted by molar-refractivity contribution is 9.10. The molecule has 0 unspecified atom stereocenters. The van der Waals surface area contributed by atoms with Crippen LogP contribution in [0.2, 0.25) is 4.34 Å². The molecule has 0 aliphatic carbocycles. The molecule has 2 aromatic heterocycles. The van der Waals surface area contributed by atoms with Gasteiger partial charge in [-0.1, -0.05) is 11.6 Å². The van der Waals surface area contributed by atoms with Crippen LogP contribution < -0.4 is 5.32 Å². The third-order valence-corrected chi connectivity index (χ3v) is 4.85. The fraction of sp³-hybridized carbons (Fsp3) is 0.250. The van der Waals surface area contributed by atoms with E-state index < -0.39 is 0 Å². The van der Waals surface area contributed by atoms with E-state index >= 15 is 0 Å². The molecular weight excluding hydrogens is 320 g/mol. The number of hydrogen-bond acceptors (Lipinski definition) is 3. The monoisotopic (exact) mass is 330 g/mol. The first-order valence-electron chi connectivity index (χ1n) is 5.18. The molecule has 2 heterocycles. The molecule has 0 radical (unpaired) electrons. The molecule has 17 heavy (non-hydrogen) atoms. The van der Waals surface area contributed by atoms with E-state index in [0.717, 1.165) is 32.4 Å². The van der Waals surface area contributed by atoms with Crippen molar-refractivity contribution in [3.63, 3.8) is 0 Å². The van der Waals surface area contributed by atoms with E-state index in [1.54, 1.807) is 11.3 Å². The molecular formula is C12H12BrClN2S. The van der Waals surface area contributed by atoms with Crippen LogP contribution in [0, 0.1) is 13.8 Å². The molecule has 90 valence electrons. The Kier molecular flexibility index (Phi) is 4.07. The quantitative estimate of drug-likeness (QED) is 0.875. The standard InChI is InChI=1S/C12H12BrClN2S/c1-7-3-4-11(8(2)16-7)15-6-9-5-10(13)12(14)17-9/h3-5,15H,6H2,1-2H3. The fourth-order valence-electron chi connectivity index (χ4n) is 1.53. The van der Waals surface area contributed by atoms with Crippen molar-refractivity contribution >= 4 is 44.6 Å². The molecule has 0 aliphatic rings. The van der Waals surface area contributed by atoms with Crippen molar-refractivity contribution in [1.29, 1.82) is 0 Å². The zero-order valence-corrected chi connectivity index (χ0v) is 12.7. The van der Waals surface area contributed by atoms with Gasteiger partial charge in [0.2, 0.25) is 0 Å². The van der Waals surface area contributed by atoms with Gasteiger partial charge in [0.15, 0.2) is 0 Å². The second-order valence-electron chi connectivity index (χ2n) is 3.77. The number of halogens is 2. The molecule has 2 aromatic rings. The van der Waals surface area contributed by atoms with Crippen LogP contribution in [0.3, 0.4) is 0 Å². The van der Waals surface area contributed by atoms with Crippen LogP contribution in [-0.2, 0) is 6.54 Å². The summed E-state index contributed by atoms with van der Waals surface area (Å²) in [5, 5.41) is 3.37. The van der Waals surface area contributed by atoms with Crippen LogP contribution in [0.5, 0.6) is 0 Å². The van der Waals surface area contributed by atoms with Crippen molar-refractivity contribution in [1.82, 2.24) is 4.98 Å². The lowest BCUT2D eigenvalue weighted by molar-refractivity contribution is 1.09. The van der Waals surface area contributed by atoms with Gasteiger partial charge in [0, 0.05) is 21.6 Å². The van der Waals surface area contributed by atoms with E-state index in [1.807, 2.05) is 26.0 Å². The Balaban J connectivity index is 2.07. The van der Waals surface area contributed by atoms with E-state index in [1.165, 1.54) is 4.88 Å². The van der Waals surface area contributed by atoms with Gasteiger partial charge in [-0.15, -0.1) is 11.3 Å². The molecule has 0 amide bonds. The number of pyridine rings is 1. The number of nitrogens with zero attached hydrogens (tertiary/aromatic N) is 1. The summed E-state index contributed by atoms with van der Waals surface area (Å²) < 4.78 is 1.75. The highest BCUT2D eigenvalue weighted by Crippen LogP contribution is 2.32. The van der Waals surface area contributed by atoms with Gasteiger partial charge in [0.1, 0.15) is 4.34 Å². The summed E-state index contributed by atoms with van der Waals surface area (Å²) in [4.78, 5) is 5.61. The van der Waals surface area contributed by atoms with E-state index in [4.69, 9.17) is 11.6 Å². The molecule has 0 spiro atoms. The lowest BCUT2D eigenvalue weighted by Gasteiger charge is -2.08. The van der Waals surface area contributed by atoms with E-state index in [9.17, 15) is 0 Å². The number of aryl methyl sites for hydroxylation is 2. The minimum atomic E-state index is 0.765. The SMILES string of the molecule is Cc1ccc(NCc2cc(Br)c(Cl)s2)c(C)n1. The molecule has 5 heteroatoms. The summed E-state index contributed by atoms with van der Waals surface area (Å²) in [7, 11) is 0. The number of hydrogen-bond donors (Lipinski definition) is 1. The van der Waals surface area contributed by atoms with Gasteiger partial charge in [0.25, 0.3) is 0 Å². The summed E-state index contributed by atoms with van der Waals surface area (Å²) in [6.07, 6.45) is 0. The Morgan fingerprint density at radius 1 is 1.41 bits per heavy atom. The van der Waals surface area contributed by atoms with Crippen LogP contribution in [0.15, 0.2) is 22.7 Å². The van der Waals surface area contributed by atoms with Gasteiger partial charge in [-0.25, -0.2) is 0 Å². The van der Waals surface area contributed by atoms with Gasteiger partial charge in [-0.05, 0) is 48.0 Å². The molecule has 0 saturated carbocycles. The van der Waals surface area contributed by atoms with Gasteiger partial charge in [-0.2, -0.15) is 0 Å². The predicted octanol–water partition coefficient (Wildman–Crippen LogP) is 4.79. The van der Waals surface area contributed by atoms with Crippen molar-refractivity contribution in [2.75, 3.05) is 5.32 Å². The van der Waals surface area contributed by atoms with Gasteiger partial charge < -0.3 is 5.32 Å². The minimum absolute atomic E-state index is 0.765. The Hall–Kier alpha value is -0.580. The lowest BCUT2D eigenvalue weighted by Crippen LogP contribution is -2.01. The minimum Gasteiger partial charge on any atom is -0.379 e. The third-order valence-electron chi connectivity index (χ3n) is 2.37. The highest BCUT2D eigenvalue weighted by Gasteiger charge is 2.05. The third kappa shape index (κ3) is 3.21. The topological polar surface area (TPSA) is 24.9 Å². The first-order valence-corrected chi connectivity index (χ1v) is 7.17. The average molecular weight is 332 g/mol. The van der Waals surface area contributed by atoms with Gasteiger partial charge in [0.05, 0.1) is 11.4 Å². The van der Waals surface area contributed by atoms with E-state index in [-0.39, 0.29) is 0 Å². The second-order valence-corrected chi connectivity index (χ2v) is 6.37. The summed E-state index contributed by atoms with van der Waals surface area (Å²) in [6, 6.07) is 6.10. The highest BCUT2D eigenvalue weighted by atomic mass is 79.9. The fourth-order valence-corrected chi connectivity index (χ4v) is 3.26. The second kappa shape index (κ2) is 5.38. The molecule has 0 fully saturated rings. The molecule has 1 N–H and O–H groups in total. The summed E-state index contributed by atoms with van der Waals surface area (Å²) in [5.74, 6) is 0. The molecule has 0 aliphatic heterocycles. The smallest absolute Gasteiger partial charge is 0.107 e. The summed E-state index contributed by atoms with van der Waals surface area (Å²) in [6.45, 7) is 4.77. The number of rotatable bonds is 3. The summed E-state index contributed by atoms with van der Waals surface area (Å²) >= 11 is 11.0. The van der Waals surface area contributed by atoms with Crippen molar-refractivity contribution in [3.8, 4) is 0 Å². The van der Waals surface area contributed by atoms with Gasteiger partial charge in [-0.3, -0.25) is 4.98 Å². The molecule has 0 aromatic carbocycles. The number of thiophene rings is 1. The zero-order chi connectivity index (χ0) is 12.4. The Labute approximate surface area is 118 Å². The van der Waals surface area contributed by atoms with Crippen molar-refractivity contribution < 1.29 is 0 Å². The maximum Gasteiger partial charge on any atom is 0.107 e. The Morgan fingerprint density at radius 3 is 2.76 bits per heavy atom. The van der Waals surface area contributed by atoms with E-state index in [2.05, 4.69) is 32.3 Å². The van der Waals surface area contributed by atoms with Crippen LogP contribution in [0.25, 0.3) is 0 Å². The molecule has 2 nitrogen and oxygen atoms in total. The summed E-state index contributed by atoms with van der Waals surface area (Å²) in [5.41, 5.74) is 3.12. The molecule has 2 rings (SSSR count). The van der Waals surface area contributed by atoms with Crippen LogP contribution in [-0.4, -0.2) is 4.98 Å². The largest absolute Gasteiger partial charge is 0.379 e. The van der Waals surface area contributed by atoms with E-state index in [0.29, 0.717) is 0 Å². The maximum atomic E-state index is 5.99. The maximum absolute atomic E-state index is 5.99. The number of nitrogens with one attached hydrogen (secondary N) is 1. The van der Waals surface area contributed by atoms with Crippen LogP contribution in [0.1, 0.15) is 16.3 Å². The normalized spacial score (nSPS) is 10.6. The molecule has 0 saturated heterocycles. The van der Waals surface area contributed by atoms with Crippen molar-refractivity contribution in [3.05, 3.63) is 43.3 Å². The van der Waals surface area contributed by atoms with Crippen molar-refractivity contribution in [2.24, 2.45) is 0 Å². The van der Waals surface area contributed by atoms with Crippen LogP contribution in [0.4, 0.5) is 5.69 Å². The van der Waals surface area contributed by atoms with Crippen LogP contribution >= 0.6 is 38.9 Å². The Bertz CT molecular complexity index is 520. The Morgan fingerprint density at radius 2 is 2.18 bits per heavy atom. The number of aromatic nitrogens is 1. The first-order chi connectivity index (χ1) is 8.06. The predicted molar refractivity (Wildman–Crippen MR) is 78.1 cm³/mol. The average Bonchev–Trinajstić information content (AvgIpc) is 2.57. The van der Waals surface area contributed by atoms with Crippen molar-refractivity contribution in [2.45, 2.75) is 20.4 Å². The molecule has 0 bridgehead atoms. The zero-order valence-electron chi connectivity index (χ0n) is 9.55. The first kappa shape index (κ1) is 12.9. The van der Waals surface area contributed by atoms with Gasteiger partial charge >= 0.3 is 0 Å².